The number of piperidine rings is 1. The van der Waals surface area contributed by atoms with E-state index in [1.54, 1.807) is 6.92 Å². The van der Waals surface area contributed by atoms with Gasteiger partial charge in [0.05, 0.1) is 0 Å². The SMILES string of the molecule is CCC1CCCCN1C(CC(C)=O)c1ccccc1C. The van der Waals surface area contributed by atoms with Crippen molar-refractivity contribution in [2.24, 2.45) is 0 Å². The van der Waals surface area contributed by atoms with Gasteiger partial charge in [-0.25, -0.2) is 0 Å². The van der Waals surface area contributed by atoms with Crippen LogP contribution in [0.25, 0.3) is 0 Å². The fourth-order valence-corrected chi connectivity index (χ4v) is 3.51. The predicted octanol–water partition coefficient (Wildman–Crippen LogP) is 4.28. The third-order valence-corrected chi connectivity index (χ3v) is 4.57. The third kappa shape index (κ3) is 3.49. The molecule has 0 radical (unpaired) electrons. The number of aryl methyl sites for hydroxylation is 1. The van der Waals surface area contributed by atoms with E-state index in [0.29, 0.717) is 18.2 Å². The molecule has 20 heavy (non-hydrogen) atoms. The smallest absolute Gasteiger partial charge is 0.131 e. The van der Waals surface area contributed by atoms with Crippen molar-refractivity contribution < 1.29 is 4.79 Å². The highest BCUT2D eigenvalue weighted by Gasteiger charge is 2.30. The van der Waals surface area contributed by atoms with E-state index in [1.807, 2.05) is 0 Å². The Morgan fingerprint density at radius 2 is 2.10 bits per heavy atom. The van der Waals surface area contributed by atoms with Gasteiger partial charge in [0.2, 0.25) is 0 Å². The summed E-state index contributed by atoms with van der Waals surface area (Å²) in [6.45, 7) is 7.28. The lowest BCUT2D eigenvalue weighted by atomic mass is 9.90. The van der Waals surface area contributed by atoms with Gasteiger partial charge < -0.3 is 0 Å². The Morgan fingerprint density at radius 1 is 1.35 bits per heavy atom. The maximum Gasteiger partial charge on any atom is 0.131 e. The fraction of sp³-hybridized carbons (Fsp3) is 0.611. The lowest BCUT2D eigenvalue weighted by molar-refractivity contribution is -0.118. The summed E-state index contributed by atoms with van der Waals surface area (Å²) in [5.41, 5.74) is 2.64. The topological polar surface area (TPSA) is 20.3 Å². The van der Waals surface area contributed by atoms with Crippen LogP contribution in [0.2, 0.25) is 0 Å². The molecule has 1 aliphatic rings. The fourth-order valence-electron chi connectivity index (χ4n) is 3.51. The second-order valence-electron chi connectivity index (χ2n) is 6.07. The standard InChI is InChI=1S/C18H27NO/c1-4-16-10-7-8-12-19(16)18(13-15(3)20)17-11-6-5-9-14(17)2/h5-6,9,11,16,18H,4,7-8,10,12-13H2,1-3H3. The average molecular weight is 273 g/mol. The van der Waals surface area contributed by atoms with E-state index in [9.17, 15) is 4.79 Å². The molecule has 2 unspecified atom stereocenters. The normalized spacial score (nSPS) is 21.6. The van der Waals surface area contributed by atoms with Crippen LogP contribution in [-0.4, -0.2) is 23.3 Å². The first-order valence-electron chi connectivity index (χ1n) is 7.94. The first-order valence-corrected chi connectivity index (χ1v) is 7.94. The van der Waals surface area contributed by atoms with E-state index in [4.69, 9.17) is 0 Å². The largest absolute Gasteiger partial charge is 0.300 e. The van der Waals surface area contributed by atoms with Crippen LogP contribution in [0.3, 0.4) is 0 Å². The Labute approximate surface area is 123 Å². The molecular weight excluding hydrogens is 246 g/mol. The molecule has 0 aromatic heterocycles. The number of hydrogen-bond acceptors (Lipinski definition) is 2. The van der Waals surface area contributed by atoms with Gasteiger partial charge in [-0.15, -0.1) is 0 Å². The highest BCUT2D eigenvalue weighted by molar-refractivity contribution is 5.76. The molecule has 1 saturated heterocycles. The minimum atomic E-state index is 0.263. The number of benzene rings is 1. The molecule has 1 aromatic rings. The summed E-state index contributed by atoms with van der Waals surface area (Å²) in [7, 11) is 0. The number of rotatable bonds is 5. The van der Waals surface area contributed by atoms with Crippen LogP contribution in [0, 0.1) is 6.92 Å². The van der Waals surface area contributed by atoms with Gasteiger partial charge in [-0.2, -0.15) is 0 Å². The summed E-state index contributed by atoms with van der Waals surface area (Å²) in [5, 5.41) is 0. The number of ketones is 1. The Hall–Kier alpha value is -1.15. The molecule has 0 aliphatic carbocycles. The monoisotopic (exact) mass is 273 g/mol. The van der Waals surface area contributed by atoms with E-state index < -0.39 is 0 Å². The van der Waals surface area contributed by atoms with Crippen LogP contribution in [0.5, 0.6) is 0 Å². The zero-order valence-electron chi connectivity index (χ0n) is 13.1. The zero-order chi connectivity index (χ0) is 14.5. The number of nitrogens with zero attached hydrogens (tertiary/aromatic N) is 1. The molecule has 2 atom stereocenters. The van der Waals surface area contributed by atoms with Crippen molar-refractivity contribution in [1.29, 1.82) is 0 Å². The summed E-state index contributed by atoms with van der Waals surface area (Å²) in [6, 6.07) is 9.43. The van der Waals surface area contributed by atoms with Crippen molar-refractivity contribution in [3.05, 3.63) is 35.4 Å². The van der Waals surface area contributed by atoms with Crippen LogP contribution in [-0.2, 0) is 4.79 Å². The second kappa shape index (κ2) is 7.03. The van der Waals surface area contributed by atoms with Crippen molar-refractivity contribution in [2.75, 3.05) is 6.54 Å². The Kier molecular flexibility index (Phi) is 5.36. The second-order valence-corrected chi connectivity index (χ2v) is 6.07. The molecule has 2 rings (SSSR count). The van der Waals surface area contributed by atoms with Crippen LogP contribution < -0.4 is 0 Å². The summed E-state index contributed by atoms with van der Waals surface area (Å²) in [6.07, 6.45) is 5.69. The van der Waals surface area contributed by atoms with Crippen LogP contribution in [0.1, 0.15) is 63.1 Å². The number of carbonyl (C=O) groups excluding carboxylic acids is 1. The third-order valence-electron chi connectivity index (χ3n) is 4.57. The number of carbonyl (C=O) groups is 1. The maximum absolute atomic E-state index is 11.7. The minimum absolute atomic E-state index is 0.263. The molecule has 1 heterocycles. The van der Waals surface area contributed by atoms with Gasteiger partial charge in [0.15, 0.2) is 0 Å². The highest BCUT2D eigenvalue weighted by atomic mass is 16.1. The molecule has 2 nitrogen and oxygen atoms in total. The quantitative estimate of drug-likeness (QED) is 0.798. The molecule has 1 fully saturated rings. The van der Waals surface area contributed by atoms with E-state index in [0.717, 1.165) is 6.54 Å². The van der Waals surface area contributed by atoms with Crippen molar-refractivity contribution in [1.82, 2.24) is 4.90 Å². The molecule has 0 bridgehead atoms. The Morgan fingerprint density at radius 3 is 2.75 bits per heavy atom. The van der Waals surface area contributed by atoms with Crippen LogP contribution in [0.15, 0.2) is 24.3 Å². The summed E-state index contributed by atoms with van der Waals surface area (Å²) >= 11 is 0. The highest BCUT2D eigenvalue weighted by Crippen LogP contribution is 2.33. The summed E-state index contributed by atoms with van der Waals surface area (Å²) < 4.78 is 0. The molecule has 2 heteroatoms. The molecule has 0 spiro atoms. The zero-order valence-corrected chi connectivity index (χ0v) is 13.1. The van der Waals surface area contributed by atoms with E-state index >= 15 is 0 Å². The Bertz CT molecular complexity index is 454. The lowest BCUT2D eigenvalue weighted by Gasteiger charge is -2.41. The van der Waals surface area contributed by atoms with Crippen molar-refractivity contribution >= 4 is 5.78 Å². The van der Waals surface area contributed by atoms with Crippen molar-refractivity contribution in [2.45, 2.75) is 65.0 Å². The van der Waals surface area contributed by atoms with Gasteiger partial charge >= 0.3 is 0 Å². The molecule has 1 aliphatic heterocycles. The molecule has 0 saturated carbocycles. The van der Waals surface area contributed by atoms with Crippen LogP contribution >= 0.6 is 0 Å². The van der Waals surface area contributed by atoms with Gasteiger partial charge in [0.25, 0.3) is 0 Å². The van der Waals surface area contributed by atoms with E-state index in [2.05, 4.69) is 43.0 Å². The molecule has 0 amide bonds. The Balaban J connectivity index is 2.31. The van der Waals surface area contributed by atoms with Gasteiger partial charge in [-0.1, -0.05) is 37.6 Å². The predicted molar refractivity (Wildman–Crippen MR) is 83.9 cm³/mol. The lowest BCUT2D eigenvalue weighted by Crippen LogP contribution is -2.42. The number of hydrogen-bond donors (Lipinski definition) is 0. The number of Topliss-reactive ketones (excluding diaryl/α,β-unsaturated/α-hetero) is 1. The van der Waals surface area contributed by atoms with E-state index in [-0.39, 0.29) is 6.04 Å². The van der Waals surface area contributed by atoms with Gasteiger partial charge in [-0.05, 0) is 50.8 Å². The molecule has 0 N–H and O–H groups in total. The van der Waals surface area contributed by atoms with Gasteiger partial charge in [0.1, 0.15) is 5.78 Å². The van der Waals surface area contributed by atoms with Crippen molar-refractivity contribution in [3.63, 3.8) is 0 Å². The van der Waals surface area contributed by atoms with E-state index in [1.165, 1.54) is 36.8 Å². The first kappa shape index (κ1) is 15.2. The maximum atomic E-state index is 11.7. The summed E-state index contributed by atoms with van der Waals surface area (Å²) in [5.74, 6) is 0.290. The van der Waals surface area contributed by atoms with Gasteiger partial charge in [-0.3, -0.25) is 9.69 Å². The molecule has 110 valence electrons. The van der Waals surface area contributed by atoms with Gasteiger partial charge in [0, 0.05) is 18.5 Å². The average Bonchev–Trinajstić information content (AvgIpc) is 2.45. The molecular formula is C18H27NO. The molecule has 1 aromatic carbocycles. The minimum Gasteiger partial charge on any atom is -0.300 e. The van der Waals surface area contributed by atoms with Crippen molar-refractivity contribution in [3.8, 4) is 0 Å². The number of likely N-dealkylation sites (tertiary alicyclic amines) is 1. The van der Waals surface area contributed by atoms with Crippen LogP contribution in [0.4, 0.5) is 0 Å². The first-order chi connectivity index (χ1) is 9.63. The summed E-state index contributed by atoms with van der Waals surface area (Å²) in [4.78, 5) is 14.3.